The fourth-order valence-corrected chi connectivity index (χ4v) is 2.27. The van der Waals surface area contributed by atoms with Crippen LogP contribution < -0.4 is 10.4 Å². The average Bonchev–Trinajstić information content (AvgIpc) is 2.89. The molecule has 0 amide bonds. The molecule has 21 heavy (non-hydrogen) atoms. The number of benzene rings is 1. The minimum Gasteiger partial charge on any atom is -0.492 e. The Morgan fingerprint density at radius 3 is 2.81 bits per heavy atom. The molecule has 3 rings (SSSR count). The molecular weight excluding hydrogens is 268 g/mol. The highest BCUT2D eigenvalue weighted by Crippen LogP contribution is 2.35. The molecule has 0 atom stereocenters. The second-order valence-corrected chi connectivity index (χ2v) is 5.12. The van der Waals surface area contributed by atoms with E-state index in [2.05, 4.69) is 19.9 Å². The number of allylic oxidation sites excluding steroid dienone is 1. The van der Waals surface area contributed by atoms with Gasteiger partial charge in [0.15, 0.2) is 0 Å². The van der Waals surface area contributed by atoms with Crippen molar-refractivity contribution in [3.05, 3.63) is 52.6 Å². The summed E-state index contributed by atoms with van der Waals surface area (Å²) in [5, 5.41) is 1.66. The Labute approximate surface area is 121 Å². The fourth-order valence-electron chi connectivity index (χ4n) is 2.27. The first-order valence-electron chi connectivity index (χ1n) is 6.85. The molecule has 0 N–H and O–H groups in total. The van der Waals surface area contributed by atoms with Gasteiger partial charge in [-0.15, -0.1) is 0 Å². The van der Waals surface area contributed by atoms with E-state index >= 15 is 0 Å². The molecule has 0 unspecified atom stereocenters. The number of hydrogen-bond donors (Lipinski definition) is 0. The molecule has 3 aromatic rings. The summed E-state index contributed by atoms with van der Waals surface area (Å²) in [5.74, 6) is 0.696. The molecule has 4 heteroatoms. The van der Waals surface area contributed by atoms with Gasteiger partial charge in [-0.2, -0.15) is 0 Å². The van der Waals surface area contributed by atoms with Crippen LogP contribution in [0.5, 0.6) is 5.75 Å². The van der Waals surface area contributed by atoms with Gasteiger partial charge in [-0.1, -0.05) is 11.6 Å². The van der Waals surface area contributed by atoms with Gasteiger partial charge in [0.05, 0.1) is 23.6 Å². The maximum atomic E-state index is 11.4. The lowest BCUT2D eigenvalue weighted by Gasteiger charge is -2.09. The van der Waals surface area contributed by atoms with Gasteiger partial charge < -0.3 is 13.6 Å². The number of fused-ring (bicyclic) bond motifs is 2. The van der Waals surface area contributed by atoms with Crippen molar-refractivity contribution in [3.8, 4) is 5.75 Å². The van der Waals surface area contributed by atoms with E-state index in [-0.39, 0.29) is 5.63 Å². The smallest absolute Gasteiger partial charge is 0.336 e. The molecule has 0 aliphatic rings. The molecule has 0 saturated carbocycles. The molecule has 0 spiro atoms. The number of ether oxygens (including phenoxy) is 1. The summed E-state index contributed by atoms with van der Waals surface area (Å²) in [6, 6.07) is 6.70. The summed E-state index contributed by atoms with van der Waals surface area (Å²) < 4.78 is 16.5. The van der Waals surface area contributed by atoms with Crippen LogP contribution in [0.2, 0.25) is 0 Å². The molecule has 4 nitrogen and oxygen atoms in total. The van der Waals surface area contributed by atoms with Crippen molar-refractivity contribution in [2.75, 3.05) is 6.61 Å². The van der Waals surface area contributed by atoms with E-state index < -0.39 is 0 Å². The van der Waals surface area contributed by atoms with Gasteiger partial charge >= 0.3 is 5.63 Å². The first-order chi connectivity index (χ1) is 10.1. The topological polar surface area (TPSA) is 52.6 Å². The Bertz CT molecular complexity index is 863. The van der Waals surface area contributed by atoms with Crippen molar-refractivity contribution in [2.45, 2.75) is 20.3 Å². The second-order valence-electron chi connectivity index (χ2n) is 5.12. The van der Waals surface area contributed by atoms with Crippen LogP contribution >= 0.6 is 0 Å². The van der Waals surface area contributed by atoms with Crippen LogP contribution in [0.4, 0.5) is 0 Å². The fraction of sp³-hybridized carbons (Fsp3) is 0.235. The van der Waals surface area contributed by atoms with E-state index in [4.69, 9.17) is 13.6 Å². The van der Waals surface area contributed by atoms with Crippen LogP contribution in [0.3, 0.4) is 0 Å². The van der Waals surface area contributed by atoms with E-state index in [1.54, 1.807) is 18.4 Å². The summed E-state index contributed by atoms with van der Waals surface area (Å²) in [6.07, 6.45) is 4.55. The predicted molar refractivity (Wildman–Crippen MR) is 81.8 cm³/mol. The summed E-state index contributed by atoms with van der Waals surface area (Å²) in [5.41, 5.74) is 2.00. The second kappa shape index (κ2) is 5.48. The Morgan fingerprint density at radius 2 is 2.00 bits per heavy atom. The highest BCUT2D eigenvalue weighted by Gasteiger charge is 2.12. The van der Waals surface area contributed by atoms with Crippen molar-refractivity contribution in [3.63, 3.8) is 0 Å². The Kier molecular flexibility index (Phi) is 3.52. The third-order valence-electron chi connectivity index (χ3n) is 3.23. The van der Waals surface area contributed by atoms with Crippen LogP contribution in [0.15, 0.2) is 55.8 Å². The van der Waals surface area contributed by atoms with Gasteiger partial charge in [-0.3, -0.25) is 0 Å². The van der Waals surface area contributed by atoms with E-state index in [0.717, 1.165) is 17.2 Å². The molecule has 1 aromatic carbocycles. The Balaban J connectivity index is 2.05. The van der Waals surface area contributed by atoms with Crippen molar-refractivity contribution in [2.24, 2.45) is 0 Å². The zero-order valence-electron chi connectivity index (χ0n) is 12.0. The van der Waals surface area contributed by atoms with Crippen molar-refractivity contribution in [1.82, 2.24) is 0 Å². The molecule has 2 aromatic heterocycles. The molecule has 0 fully saturated rings. The maximum absolute atomic E-state index is 11.4. The van der Waals surface area contributed by atoms with Crippen molar-refractivity contribution in [1.29, 1.82) is 0 Å². The summed E-state index contributed by atoms with van der Waals surface area (Å²) in [7, 11) is 0. The summed E-state index contributed by atoms with van der Waals surface area (Å²) >= 11 is 0. The van der Waals surface area contributed by atoms with Gasteiger partial charge in [0.2, 0.25) is 0 Å². The normalized spacial score (nSPS) is 11.0. The summed E-state index contributed by atoms with van der Waals surface area (Å²) in [6.45, 7) is 4.67. The van der Waals surface area contributed by atoms with Gasteiger partial charge in [0.25, 0.3) is 0 Å². The first-order valence-corrected chi connectivity index (χ1v) is 6.85. The lowest BCUT2D eigenvalue weighted by Crippen LogP contribution is -1.99. The lowest BCUT2D eigenvalue weighted by molar-refractivity contribution is 0.331. The molecule has 0 saturated heterocycles. The van der Waals surface area contributed by atoms with E-state index in [9.17, 15) is 4.79 Å². The first kappa shape index (κ1) is 13.5. The van der Waals surface area contributed by atoms with Gasteiger partial charge in [0, 0.05) is 12.1 Å². The summed E-state index contributed by atoms with van der Waals surface area (Å²) in [4.78, 5) is 11.4. The number of furan rings is 1. The highest BCUT2D eigenvalue weighted by atomic mass is 16.5. The molecule has 108 valence electrons. The quantitative estimate of drug-likeness (QED) is 0.408. The van der Waals surface area contributed by atoms with Crippen LogP contribution in [-0.2, 0) is 0 Å². The maximum Gasteiger partial charge on any atom is 0.336 e. The Hall–Kier alpha value is -2.49. The van der Waals surface area contributed by atoms with Gasteiger partial charge in [-0.05, 0) is 32.4 Å². The Morgan fingerprint density at radius 1 is 1.19 bits per heavy atom. The van der Waals surface area contributed by atoms with Crippen LogP contribution in [0.1, 0.15) is 20.3 Å². The minimum absolute atomic E-state index is 0.385. The van der Waals surface area contributed by atoms with Gasteiger partial charge in [-0.25, -0.2) is 4.79 Å². The highest BCUT2D eigenvalue weighted by molar-refractivity contribution is 6.01. The molecule has 0 radical (unpaired) electrons. The zero-order valence-corrected chi connectivity index (χ0v) is 12.0. The predicted octanol–water partition coefficient (Wildman–Crippen LogP) is 4.27. The van der Waals surface area contributed by atoms with Crippen molar-refractivity contribution >= 4 is 21.9 Å². The zero-order chi connectivity index (χ0) is 14.8. The van der Waals surface area contributed by atoms with Crippen LogP contribution in [-0.4, -0.2) is 6.61 Å². The number of rotatable bonds is 4. The monoisotopic (exact) mass is 284 g/mol. The lowest BCUT2D eigenvalue weighted by atomic mass is 10.1. The molecule has 0 bridgehead atoms. The van der Waals surface area contributed by atoms with Crippen LogP contribution in [0.25, 0.3) is 21.9 Å². The van der Waals surface area contributed by atoms with E-state index in [0.29, 0.717) is 23.5 Å². The minimum atomic E-state index is -0.385. The molecular formula is C17H16O4. The molecule has 0 aliphatic carbocycles. The van der Waals surface area contributed by atoms with Gasteiger partial charge in [0.1, 0.15) is 16.9 Å². The van der Waals surface area contributed by atoms with Crippen molar-refractivity contribution < 1.29 is 13.6 Å². The third kappa shape index (κ3) is 2.70. The third-order valence-corrected chi connectivity index (χ3v) is 3.23. The largest absolute Gasteiger partial charge is 0.492 e. The number of hydrogen-bond acceptors (Lipinski definition) is 4. The van der Waals surface area contributed by atoms with E-state index in [1.165, 1.54) is 11.6 Å². The SMILES string of the molecule is CC(C)=CCCOc1c2ccoc2cc2oc(=O)ccc12. The molecule has 0 aliphatic heterocycles. The average molecular weight is 284 g/mol. The standard InChI is InChI=1S/C17H16O4/c1-11(2)4-3-8-20-17-12-5-6-16(18)21-15(12)10-14-13(17)7-9-19-14/h4-7,9-10H,3,8H2,1-2H3. The molecule has 2 heterocycles. The van der Waals surface area contributed by atoms with E-state index in [1.807, 2.05) is 6.07 Å². The van der Waals surface area contributed by atoms with Crippen LogP contribution in [0, 0.1) is 0 Å².